The van der Waals surface area contributed by atoms with Crippen molar-refractivity contribution < 1.29 is 14.3 Å². The summed E-state index contributed by atoms with van der Waals surface area (Å²) >= 11 is 0. The lowest BCUT2D eigenvalue weighted by molar-refractivity contribution is -0.114. The molecule has 0 radical (unpaired) electrons. The number of nitrogens with one attached hydrogen (secondary N) is 2. The highest BCUT2D eigenvalue weighted by Gasteiger charge is 2.10. The fourth-order valence-corrected chi connectivity index (χ4v) is 2.16. The molecule has 0 fully saturated rings. The van der Waals surface area contributed by atoms with Crippen LogP contribution in [-0.4, -0.2) is 44.5 Å². The van der Waals surface area contributed by atoms with Gasteiger partial charge in [-0.05, 0) is 30.3 Å². The number of carbonyl (C=O) groups excluding carboxylic acids is 2. The average Bonchev–Trinajstić information content (AvgIpc) is 2.59. The minimum absolute atomic E-state index is 0.0895. The number of amides is 2. The van der Waals surface area contributed by atoms with Crippen molar-refractivity contribution in [3.8, 4) is 5.75 Å². The van der Waals surface area contributed by atoms with Crippen molar-refractivity contribution in [1.82, 2.24) is 4.90 Å². The number of ether oxygens (including phenoxy) is 1. The first-order valence-electron chi connectivity index (χ1n) is 7.49. The lowest BCUT2D eigenvalue weighted by Gasteiger charge is -2.13. The quantitative estimate of drug-likeness (QED) is 0.855. The predicted octanol–water partition coefficient (Wildman–Crippen LogP) is 2.45. The smallest absolute Gasteiger partial charge is 0.253 e. The van der Waals surface area contributed by atoms with E-state index >= 15 is 0 Å². The summed E-state index contributed by atoms with van der Waals surface area (Å²) in [4.78, 5) is 25.5. The van der Waals surface area contributed by atoms with Crippen LogP contribution in [0.15, 0.2) is 48.5 Å². The van der Waals surface area contributed by atoms with E-state index in [1.54, 1.807) is 45.5 Å². The molecule has 2 aromatic carbocycles. The molecule has 0 saturated carbocycles. The number of carbonyl (C=O) groups is 2. The Morgan fingerprint density at radius 1 is 1.08 bits per heavy atom. The van der Waals surface area contributed by atoms with Gasteiger partial charge in [0.15, 0.2) is 0 Å². The molecule has 2 amide bonds. The van der Waals surface area contributed by atoms with Crippen LogP contribution in [0.4, 0.5) is 11.4 Å². The van der Waals surface area contributed by atoms with Crippen molar-refractivity contribution in [2.45, 2.75) is 0 Å². The fraction of sp³-hybridized carbons (Fsp3) is 0.222. The minimum Gasteiger partial charge on any atom is -0.495 e. The first-order chi connectivity index (χ1) is 11.5. The number of benzene rings is 2. The third-order valence-corrected chi connectivity index (χ3v) is 3.35. The topological polar surface area (TPSA) is 70.7 Å². The molecule has 0 aliphatic carbocycles. The third kappa shape index (κ3) is 4.49. The van der Waals surface area contributed by atoms with Crippen molar-refractivity contribution >= 4 is 23.2 Å². The summed E-state index contributed by atoms with van der Waals surface area (Å²) < 4.78 is 5.22. The summed E-state index contributed by atoms with van der Waals surface area (Å²) in [7, 11) is 4.95. The van der Waals surface area contributed by atoms with Gasteiger partial charge in [-0.2, -0.15) is 0 Å². The molecule has 0 aliphatic rings. The Labute approximate surface area is 141 Å². The molecule has 126 valence electrons. The fourth-order valence-electron chi connectivity index (χ4n) is 2.16. The molecule has 0 unspecified atom stereocenters. The van der Waals surface area contributed by atoms with E-state index in [4.69, 9.17) is 4.74 Å². The summed E-state index contributed by atoms with van der Waals surface area (Å²) in [5.74, 6) is 0.345. The Hall–Kier alpha value is -3.02. The van der Waals surface area contributed by atoms with E-state index in [2.05, 4.69) is 10.6 Å². The zero-order chi connectivity index (χ0) is 17.5. The molecule has 2 N–H and O–H groups in total. The van der Waals surface area contributed by atoms with Crippen LogP contribution in [0.2, 0.25) is 0 Å². The molecule has 2 rings (SSSR count). The van der Waals surface area contributed by atoms with Crippen LogP contribution in [0, 0.1) is 0 Å². The number of rotatable bonds is 6. The number of methoxy groups -OCH3 is 1. The van der Waals surface area contributed by atoms with Gasteiger partial charge in [0.25, 0.3) is 5.91 Å². The zero-order valence-electron chi connectivity index (χ0n) is 14.0. The second-order valence-corrected chi connectivity index (χ2v) is 5.38. The van der Waals surface area contributed by atoms with E-state index in [1.165, 1.54) is 4.90 Å². The summed E-state index contributed by atoms with van der Waals surface area (Å²) in [6, 6.07) is 14.2. The molecular weight excluding hydrogens is 306 g/mol. The molecule has 0 aliphatic heterocycles. The average molecular weight is 327 g/mol. The Balaban J connectivity index is 1.97. The van der Waals surface area contributed by atoms with Crippen molar-refractivity contribution in [2.24, 2.45) is 0 Å². The van der Waals surface area contributed by atoms with Crippen molar-refractivity contribution in [3.05, 3.63) is 54.1 Å². The number of nitrogens with zero attached hydrogens (tertiary/aromatic N) is 1. The summed E-state index contributed by atoms with van der Waals surface area (Å²) in [6.45, 7) is 0.0895. The van der Waals surface area contributed by atoms with Gasteiger partial charge in [-0.25, -0.2) is 0 Å². The number of para-hydroxylation sites is 2. The van der Waals surface area contributed by atoms with Crippen LogP contribution in [0.3, 0.4) is 0 Å². The SMILES string of the molecule is COc1ccccc1NCC(=O)Nc1cccc(C(=O)N(C)C)c1. The van der Waals surface area contributed by atoms with Crippen molar-refractivity contribution in [2.75, 3.05) is 38.4 Å². The Kier molecular flexibility index (Phi) is 5.78. The zero-order valence-corrected chi connectivity index (χ0v) is 14.0. The van der Waals surface area contributed by atoms with Crippen molar-refractivity contribution in [1.29, 1.82) is 0 Å². The van der Waals surface area contributed by atoms with Gasteiger partial charge in [-0.3, -0.25) is 9.59 Å². The maximum Gasteiger partial charge on any atom is 0.253 e. The molecule has 0 bridgehead atoms. The Morgan fingerprint density at radius 2 is 1.83 bits per heavy atom. The van der Waals surface area contributed by atoms with Crippen LogP contribution < -0.4 is 15.4 Å². The molecule has 0 atom stereocenters. The molecule has 6 nitrogen and oxygen atoms in total. The van der Waals surface area contributed by atoms with E-state index in [1.807, 2.05) is 24.3 Å². The van der Waals surface area contributed by atoms with E-state index in [-0.39, 0.29) is 18.4 Å². The second-order valence-electron chi connectivity index (χ2n) is 5.38. The molecule has 0 aromatic heterocycles. The Bertz CT molecular complexity index is 729. The van der Waals surface area contributed by atoms with Crippen LogP contribution in [0.1, 0.15) is 10.4 Å². The summed E-state index contributed by atoms with van der Waals surface area (Å²) in [5.41, 5.74) is 1.84. The maximum atomic E-state index is 12.1. The number of anilines is 2. The lowest BCUT2D eigenvalue weighted by atomic mass is 10.2. The van der Waals surface area contributed by atoms with E-state index in [9.17, 15) is 9.59 Å². The molecular formula is C18H21N3O3. The van der Waals surface area contributed by atoms with Crippen LogP contribution in [0.25, 0.3) is 0 Å². The van der Waals surface area contributed by atoms with Gasteiger partial charge in [-0.15, -0.1) is 0 Å². The van der Waals surface area contributed by atoms with Gasteiger partial charge in [-0.1, -0.05) is 18.2 Å². The van der Waals surface area contributed by atoms with Gasteiger partial charge in [0.1, 0.15) is 5.75 Å². The third-order valence-electron chi connectivity index (χ3n) is 3.35. The monoisotopic (exact) mass is 327 g/mol. The minimum atomic E-state index is -0.213. The molecule has 0 spiro atoms. The van der Waals surface area contributed by atoms with Crippen molar-refractivity contribution in [3.63, 3.8) is 0 Å². The molecule has 0 heterocycles. The molecule has 6 heteroatoms. The highest BCUT2D eigenvalue weighted by molar-refractivity contribution is 5.98. The van der Waals surface area contributed by atoms with Crippen LogP contribution in [-0.2, 0) is 4.79 Å². The van der Waals surface area contributed by atoms with Gasteiger partial charge in [0.2, 0.25) is 5.91 Å². The Morgan fingerprint density at radius 3 is 2.54 bits per heavy atom. The second kappa shape index (κ2) is 8.01. The van der Waals surface area contributed by atoms with Gasteiger partial charge >= 0.3 is 0 Å². The van der Waals surface area contributed by atoms with Crippen LogP contribution in [0.5, 0.6) is 5.75 Å². The first-order valence-corrected chi connectivity index (χ1v) is 7.49. The normalized spacial score (nSPS) is 9.96. The van der Waals surface area contributed by atoms with E-state index < -0.39 is 0 Å². The van der Waals surface area contributed by atoms with Gasteiger partial charge < -0.3 is 20.3 Å². The highest BCUT2D eigenvalue weighted by atomic mass is 16.5. The number of hydrogen-bond acceptors (Lipinski definition) is 4. The molecule has 2 aromatic rings. The first kappa shape index (κ1) is 17.3. The molecule has 24 heavy (non-hydrogen) atoms. The largest absolute Gasteiger partial charge is 0.495 e. The van der Waals surface area contributed by atoms with Gasteiger partial charge in [0, 0.05) is 25.3 Å². The summed E-state index contributed by atoms with van der Waals surface area (Å²) in [6.07, 6.45) is 0. The lowest BCUT2D eigenvalue weighted by Crippen LogP contribution is -2.23. The standard InChI is InChI=1S/C18H21N3O3/c1-21(2)18(23)13-7-6-8-14(11-13)20-17(22)12-19-15-9-4-5-10-16(15)24-3/h4-11,19H,12H2,1-3H3,(H,20,22). The van der Waals surface area contributed by atoms with E-state index in [0.29, 0.717) is 17.0 Å². The summed E-state index contributed by atoms with van der Waals surface area (Å²) in [5, 5.41) is 5.80. The van der Waals surface area contributed by atoms with Gasteiger partial charge in [0.05, 0.1) is 19.3 Å². The van der Waals surface area contributed by atoms with Crippen LogP contribution >= 0.6 is 0 Å². The molecule has 0 saturated heterocycles. The number of hydrogen-bond donors (Lipinski definition) is 2. The maximum absolute atomic E-state index is 12.1. The van der Waals surface area contributed by atoms with E-state index in [0.717, 1.165) is 5.69 Å². The predicted molar refractivity (Wildman–Crippen MR) is 94.6 cm³/mol. The highest BCUT2D eigenvalue weighted by Crippen LogP contribution is 2.22.